The highest BCUT2D eigenvalue weighted by Crippen LogP contribution is 2.24. The molecule has 1 aliphatic rings. The summed E-state index contributed by atoms with van der Waals surface area (Å²) in [6.07, 6.45) is 2.19. The summed E-state index contributed by atoms with van der Waals surface area (Å²) < 4.78 is 0. The van der Waals surface area contributed by atoms with Gasteiger partial charge in [-0.3, -0.25) is 9.59 Å². The maximum atomic E-state index is 12.2. The Labute approximate surface area is 116 Å². The number of carbonyl (C=O) groups is 2. The fourth-order valence-electron chi connectivity index (χ4n) is 2.32. The highest BCUT2D eigenvalue weighted by molar-refractivity contribution is 5.88. The van der Waals surface area contributed by atoms with Crippen LogP contribution >= 0.6 is 0 Å². The lowest BCUT2D eigenvalue weighted by molar-refractivity contribution is -0.139. The van der Waals surface area contributed by atoms with Crippen molar-refractivity contribution in [1.82, 2.24) is 15.5 Å². The molecule has 0 bridgehead atoms. The van der Waals surface area contributed by atoms with Crippen molar-refractivity contribution < 1.29 is 9.59 Å². The van der Waals surface area contributed by atoms with E-state index in [9.17, 15) is 9.59 Å². The van der Waals surface area contributed by atoms with Crippen LogP contribution in [0.3, 0.4) is 0 Å². The maximum absolute atomic E-state index is 12.2. The molecule has 5 nitrogen and oxygen atoms in total. The van der Waals surface area contributed by atoms with E-state index in [1.54, 1.807) is 4.90 Å². The molecule has 1 aliphatic heterocycles. The van der Waals surface area contributed by atoms with Crippen LogP contribution in [0.25, 0.3) is 0 Å². The molecule has 0 aromatic heterocycles. The second-order valence-corrected chi connectivity index (χ2v) is 6.38. The molecule has 1 rings (SSSR count). The molecule has 0 saturated carbocycles. The summed E-state index contributed by atoms with van der Waals surface area (Å²) in [4.78, 5) is 26.1. The fourth-order valence-corrected chi connectivity index (χ4v) is 2.32. The minimum atomic E-state index is -0.272. The molecule has 1 fully saturated rings. The summed E-state index contributed by atoms with van der Waals surface area (Å²) in [6, 6.07) is -0.272. The molecule has 5 heteroatoms. The first kappa shape index (κ1) is 16.0. The van der Waals surface area contributed by atoms with Crippen LogP contribution in [0.2, 0.25) is 0 Å². The normalized spacial score (nSPS) is 19.6. The number of likely N-dealkylation sites (N-methyl/N-ethyl adjacent to an activating group) is 1. The molecule has 1 unspecified atom stereocenters. The third-order valence-electron chi connectivity index (χ3n) is 3.23. The van der Waals surface area contributed by atoms with Gasteiger partial charge in [0, 0.05) is 26.1 Å². The van der Waals surface area contributed by atoms with E-state index in [1.807, 2.05) is 27.8 Å². The van der Waals surface area contributed by atoms with Gasteiger partial charge in [0.15, 0.2) is 0 Å². The number of likely N-dealkylation sites (tertiary alicyclic amines) is 1. The lowest BCUT2D eigenvalue weighted by Crippen LogP contribution is -2.47. The number of amides is 2. The van der Waals surface area contributed by atoms with Gasteiger partial charge < -0.3 is 15.5 Å². The zero-order valence-electron chi connectivity index (χ0n) is 12.6. The van der Waals surface area contributed by atoms with Gasteiger partial charge in [-0.05, 0) is 25.3 Å². The molecular formula is C14H27N3O2. The number of nitrogens with zero attached hydrogens (tertiary/aromatic N) is 1. The average Bonchev–Trinajstić information content (AvgIpc) is 2.75. The van der Waals surface area contributed by atoms with E-state index in [4.69, 9.17) is 0 Å². The van der Waals surface area contributed by atoms with Gasteiger partial charge in [-0.1, -0.05) is 20.8 Å². The molecule has 0 radical (unpaired) electrons. The van der Waals surface area contributed by atoms with E-state index in [0.29, 0.717) is 19.5 Å². The first-order valence-corrected chi connectivity index (χ1v) is 7.07. The SMILES string of the molecule is CNCCNC(=O)C1CCCN1C(=O)CC(C)(C)C. The number of hydrogen-bond acceptors (Lipinski definition) is 3. The zero-order chi connectivity index (χ0) is 14.5. The Bertz CT molecular complexity index is 323. The van der Waals surface area contributed by atoms with Crippen LogP contribution < -0.4 is 10.6 Å². The van der Waals surface area contributed by atoms with Crippen LogP contribution in [-0.2, 0) is 9.59 Å². The Morgan fingerprint density at radius 2 is 1.95 bits per heavy atom. The van der Waals surface area contributed by atoms with Gasteiger partial charge >= 0.3 is 0 Å². The van der Waals surface area contributed by atoms with Crippen LogP contribution in [0.1, 0.15) is 40.0 Å². The molecule has 1 atom stereocenters. The van der Waals surface area contributed by atoms with Gasteiger partial charge in [-0.25, -0.2) is 0 Å². The summed E-state index contributed by atoms with van der Waals surface area (Å²) in [5.41, 5.74) is -0.0349. The second-order valence-electron chi connectivity index (χ2n) is 6.38. The third-order valence-corrected chi connectivity index (χ3v) is 3.23. The van der Waals surface area contributed by atoms with Crippen molar-refractivity contribution in [3.63, 3.8) is 0 Å². The summed E-state index contributed by atoms with van der Waals surface area (Å²) in [6.45, 7) is 8.19. The largest absolute Gasteiger partial charge is 0.353 e. The number of carbonyl (C=O) groups excluding carboxylic acids is 2. The van der Waals surface area contributed by atoms with Gasteiger partial charge in [-0.2, -0.15) is 0 Å². The van der Waals surface area contributed by atoms with Crippen LogP contribution in [0.5, 0.6) is 0 Å². The molecule has 1 heterocycles. The number of nitrogens with one attached hydrogen (secondary N) is 2. The van der Waals surface area contributed by atoms with Crippen molar-refractivity contribution in [3.05, 3.63) is 0 Å². The predicted molar refractivity (Wildman–Crippen MR) is 75.7 cm³/mol. The van der Waals surface area contributed by atoms with Gasteiger partial charge in [0.25, 0.3) is 0 Å². The average molecular weight is 269 g/mol. The molecular weight excluding hydrogens is 242 g/mol. The molecule has 110 valence electrons. The first-order chi connectivity index (χ1) is 8.85. The lowest BCUT2D eigenvalue weighted by atomic mass is 9.91. The van der Waals surface area contributed by atoms with Crippen LogP contribution in [0, 0.1) is 5.41 Å². The van der Waals surface area contributed by atoms with Crippen molar-refractivity contribution in [3.8, 4) is 0 Å². The fraction of sp³-hybridized carbons (Fsp3) is 0.857. The van der Waals surface area contributed by atoms with E-state index in [0.717, 1.165) is 19.4 Å². The third kappa shape index (κ3) is 5.19. The molecule has 0 spiro atoms. The molecule has 2 amide bonds. The van der Waals surface area contributed by atoms with Crippen LogP contribution in [0.4, 0.5) is 0 Å². The highest BCUT2D eigenvalue weighted by Gasteiger charge is 2.34. The van der Waals surface area contributed by atoms with Crippen LogP contribution in [0.15, 0.2) is 0 Å². The standard InChI is InChI=1S/C14H27N3O2/c1-14(2,3)10-12(18)17-9-5-6-11(17)13(19)16-8-7-15-4/h11,15H,5-10H2,1-4H3,(H,16,19). The Morgan fingerprint density at radius 3 is 2.53 bits per heavy atom. The first-order valence-electron chi connectivity index (χ1n) is 7.07. The van der Waals surface area contributed by atoms with Crippen molar-refractivity contribution in [1.29, 1.82) is 0 Å². The highest BCUT2D eigenvalue weighted by atomic mass is 16.2. The van der Waals surface area contributed by atoms with Gasteiger partial charge in [0.1, 0.15) is 6.04 Å². The molecule has 2 N–H and O–H groups in total. The Hall–Kier alpha value is -1.10. The van der Waals surface area contributed by atoms with Crippen molar-refractivity contribution in [2.75, 3.05) is 26.7 Å². The number of rotatable bonds is 5. The minimum Gasteiger partial charge on any atom is -0.353 e. The predicted octanol–water partition coefficient (Wildman–Crippen LogP) is 0.749. The Kier molecular flexibility index (Phi) is 5.79. The van der Waals surface area contributed by atoms with Gasteiger partial charge in [-0.15, -0.1) is 0 Å². The molecule has 1 saturated heterocycles. The van der Waals surface area contributed by atoms with E-state index >= 15 is 0 Å². The summed E-state index contributed by atoms with van der Waals surface area (Å²) in [5.74, 6) is 0.0776. The monoisotopic (exact) mass is 269 g/mol. The Morgan fingerprint density at radius 1 is 1.26 bits per heavy atom. The smallest absolute Gasteiger partial charge is 0.242 e. The lowest BCUT2D eigenvalue weighted by Gasteiger charge is -2.27. The van der Waals surface area contributed by atoms with Crippen molar-refractivity contribution in [2.24, 2.45) is 5.41 Å². The Balaban J connectivity index is 2.53. The van der Waals surface area contributed by atoms with E-state index < -0.39 is 0 Å². The summed E-state index contributed by atoms with van der Waals surface area (Å²) in [5, 5.41) is 5.86. The van der Waals surface area contributed by atoms with Gasteiger partial charge in [0.2, 0.25) is 11.8 Å². The summed E-state index contributed by atoms with van der Waals surface area (Å²) >= 11 is 0. The molecule has 0 aliphatic carbocycles. The molecule has 19 heavy (non-hydrogen) atoms. The quantitative estimate of drug-likeness (QED) is 0.724. The van der Waals surface area contributed by atoms with Crippen molar-refractivity contribution >= 4 is 11.8 Å². The zero-order valence-corrected chi connectivity index (χ0v) is 12.6. The minimum absolute atomic E-state index is 0.0185. The van der Waals surface area contributed by atoms with E-state index in [2.05, 4.69) is 10.6 Å². The summed E-state index contributed by atoms with van der Waals surface area (Å²) in [7, 11) is 1.85. The van der Waals surface area contributed by atoms with E-state index in [-0.39, 0.29) is 23.3 Å². The van der Waals surface area contributed by atoms with Gasteiger partial charge in [0.05, 0.1) is 0 Å². The van der Waals surface area contributed by atoms with Crippen molar-refractivity contribution in [2.45, 2.75) is 46.1 Å². The maximum Gasteiger partial charge on any atom is 0.242 e. The number of hydrogen-bond donors (Lipinski definition) is 2. The topological polar surface area (TPSA) is 61.4 Å². The van der Waals surface area contributed by atoms with E-state index in [1.165, 1.54) is 0 Å². The molecule has 0 aromatic carbocycles. The molecule has 0 aromatic rings. The van der Waals surface area contributed by atoms with Crippen LogP contribution in [-0.4, -0.2) is 49.4 Å². The second kappa shape index (κ2) is 6.89.